The number of unbranched alkanes of at least 4 members (excludes halogenated alkanes) is 15. The summed E-state index contributed by atoms with van der Waals surface area (Å²) >= 11 is 0. The second-order valence-corrected chi connectivity index (χ2v) is 7.11. The molecule has 0 rings (SSSR count). The van der Waals surface area contributed by atoms with Crippen LogP contribution in [-0.2, 0) is 9.47 Å². The monoisotopic (exact) mass is 342 g/mol. The van der Waals surface area contributed by atoms with E-state index in [0.717, 1.165) is 26.4 Å². The van der Waals surface area contributed by atoms with Crippen molar-refractivity contribution in [3.63, 3.8) is 0 Å². The largest absolute Gasteiger partial charge is 0.379 e. The van der Waals surface area contributed by atoms with Gasteiger partial charge >= 0.3 is 0 Å². The van der Waals surface area contributed by atoms with E-state index in [-0.39, 0.29) is 0 Å². The number of hydrogen-bond donors (Lipinski definition) is 0. The van der Waals surface area contributed by atoms with Gasteiger partial charge in [0.2, 0.25) is 0 Å². The zero-order chi connectivity index (χ0) is 17.6. The van der Waals surface area contributed by atoms with Crippen molar-refractivity contribution in [1.82, 2.24) is 0 Å². The Kier molecular flexibility index (Phi) is 22.8. The lowest BCUT2D eigenvalue weighted by molar-refractivity contribution is 0.0512. The maximum atomic E-state index is 5.53. The van der Waals surface area contributed by atoms with Crippen LogP contribution in [0, 0.1) is 0 Å². The zero-order valence-corrected chi connectivity index (χ0v) is 17.0. The first-order chi connectivity index (χ1) is 11.9. The second-order valence-electron chi connectivity index (χ2n) is 7.11. The van der Waals surface area contributed by atoms with E-state index < -0.39 is 0 Å². The fourth-order valence-electron chi connectivity index (χ4n) is 3.12. The Labute approximate surface area is 153 Å². The molecular weight excluding hydrogens is 296 g/mol. The molecule has 0 aliphatic heterocycles. The molecule has 0 bridgehead atoms. The maximum Gasteiger partial charge on any atom is 0.0700 e. The van der Waals surface area contributed by atoms with Gasteiger partial charge in [0.1, 0.15) is 0 Å². The Balaban J connectivity index is 2.93. The first-order valence-corrected chi connectivity index (χ1v) is 11.1. The molecule has 0 aromatic heterocycles. The predicted molar refractivity (Wildman–Crippen MR) is 107 cm³/mol. The van der Waals surface area contributed by atoms with Crippen LogP contribution < -0.4 is 0 Å². The average Bonchev–Trinajstić information content (AvgIpc) is 2.60. The van der Waals surface area contributed by atoms with Crippen molar-refractivity contribution in [1.29, 1.82) is 0 Å². The van der Waals surface area contributed by atoms with Gasteiger partial charge in [-0.3, -0.25) is 0 Å². The summed E-state index contributed by atoms with van der Waals surface area (Å²) in [6, 6.07) is 0. The third kappa shape index (κ3) is 21.9. The highest BCUT2D eigenvalue weighted by Crippen LogP contribution is 2.13. The second kappa shape index (κ2) is 22.9. The van der Waals surface area contributed by atoms with Crippen molar-refractivity contribution in [2.75, 3.05) is 26.4 Å². The smallest absolute Gasteiger partial charge is 0.0700 e. The highest BCUT2D eigenvalue weighted by atomic mass is 16.5. The van der Waals surface area contributed by atoms with E-state index in [1.807, 2.05) is 6.92 Å². The Bertz CT molecular complexity index is 184. The molecule has 0 fully saturated rings. The normalized spacial score (nSPS) is 11.2. The summed E-state index contributed by atoms with van der Waals surface area (Å²) in [5, 5.41) is 0. The molecule has 0 spiro atoms. The van der Waals surface area contributed by atoms with Crippen LogP contribution in [0.5, 0.6) is 0 Å². The molecule has 0 amide bonds. The summed E-state index contributed by atoms with van der Waals surface area (Å²) in [7, 11) is 0. The van der Waals surface area contributed by atoms with Gasteiger partial charge in [0.25, 0.3) is 0 Å². The molecule has 0 radical (unpaired) electrons. The van der Waals surface area contributed by atoms with E-state index in [1.165, 1.54) is 103 Å². The minimum absolute atomic E-state index is 0.745. The third-order valence-electron chi connectivity index (χ3n) is 4.72. The molecule has 0 aliphatic carbocycles. The van der Waals surface area contributed by atoms with E-state index in [1.54, 1.807) is 0 Å². The Morgan fingerprint density at radius 3 is 1.17 bits per heavy atom. The lowest BCUT2D eigenvalue weighted by atomic mass is 10.0. The van der Waals surface area contributed by atoms with Gasteiger partial charge in [-0.15, -0.1) is 0 Å². The van der Waals surface area contributed by atoms with Crippen LogP contribution in [0.1, 0.15) is 117 Å². The molecule has 0 saturated heterocycles. The van der Waals surface area contributed by atoms with Crippen LogP contribution in [0.3, 0.4) is 0 Å². The van der Waals surface area contributed by atoms with Crippen LogP contribution in [-0.4, -0.2) is 26.4 Å². The molecule has 0 atom stereocenters. The van der Waals surface area contributed by atoms with Gasteiger partial charge < -0.3 is 9.47 Å². The van der Waals surface area contributed by atoms with E-state index >= 15 is 0 Å². The molecule has 0 saturated carbocycles. The third-order valence-corrected chi connectivity index (χ3v) is 4.72. The van der Waals surface area contributed by atoms with E-state index in [2.05, 4.69) is 6.92 Å². The zero-order valence-electron chi connectivity index (χ0n) is 17.0. The van der Waals surface area contributed by atoms with Crippen LogP contribution in [0.2, 0.25) is 0 Å². The Morgan fingerprint density at radius 1 is 0.375 bits per heavy atom. The fraction of sp³-hybridized carbons (Fsp3) is 1.00. The van der Waals surface area contributed by atoms with Gasteiger partial charge in [-0.1, -0.05) is 103 Å². The molecule has 2 nitrogen and oxygen atoms in total. The van der Waals surface area contributed by atoms with Crippen molar-refractivity contribution >= 4 is 0 Å². The highest BCUT2D eigenvalue weighted by Gasteiger charge is 1.95. The lowest BCUT2D eigenvalue weighted by Crippen LogP contribution is -2.04. The standard InChI is InChI=1S/C22H46O2/c1-3-5-6-7-8-9-10-11-12-13-14-15-16-17-18-19-20-24-22-21-23-4-2/h3-22H2,1-2H3. The van der Waals surface area contributed by atoms with Gasteiger partial charge in [0, 0.05) is 13.2 Å². The number of ether oxygens (including phenoxy) is 2. The van der Waals surface area contributed by atoms with Crippen molar-refractivity contribution in [3.05, 3.63) is 0 Å². The summed E-state index contributed by atoms with van der Waals surface area (Å²) < 4.78 is 10.8. The minimum atomic E-state index is 0.745. The fourth-order valence-corrected chi connectivity index (χ4v) is 3.12. The van der Waals surface area contributed by atoms with Crippen molar-refractivity contribution in [3.8, 4) is 0 Å². The molecule has 0 unspecified atom stereocenters. The van der Waals surface area contributed by atoms with Crippen molar-refractivity contribution < 1.29 is 9.47 Å². The molecule has 0 aromatic rings. The number of hydrogen-bond acceptors (Lipinski definition) is 2. The van der Waals surface area contributed by atoms with Crippen molar-refractivity contribution in [2.45, 2.75) is 117 Å². The molecule has 0 aliphatic rings. The van der Waals surface area contributed by atoms with E-state index in [4.69, 9.17) is 9.47 Å². The molecule has 0 aromatic carbocycles. The van der Waals surface area contributed by atoms with Gasteiger partial charge in [-0.25, -0.2) is 0 Å². The quantitative estimate of drug-likeness (QED) is 0.204. The van der Waals surface area contributed by atoms with Gasteiger partial charge in [-0.2, -0.15) is 0 Å². The minimum Gasteiger partial charge on any atom is -0.379 e. The van der Waals surface area contributed by atoms with Crippen LogP contribution in [0.25, 0.3) is 0 Å². The number of rotatable bonds is 21. The van der Waals surface area contributed by atoms with Crippen LogP contribution in [0.15, 0.2) is 0 Å². The lowest BCUT2D eigenvalue weighted by Gasteiger charge is -2.05. The maximum absolute atomic E-state index is 5.53. The molecule has 0 N–H and O–H groups in total. The summed E-state index contributed by atoms with van der Waals surface area (Å²) in [6.45, 7) is 7.52. The Morgan fingerprint density at radius 2 is 0.750 bits per heavy atom. The average molecular weight is 343 g/mol. The van der Waals surface area contributed by atoms with Crippen LogP contribution >= 0.6 is 0 Å². The van der Waals surface area contributed by atoms with E-state index in [9.17, 15) is 0 Å². The van der Waals surface area contributed by atoms with Gasteiger partial charge in [-0.05, 0) is 13.3 Å². The van der Waals surface area contributed by atoms with Gasteiger partial charge in [0.05, 0.1) is 13.2 Å². The topological polar surface area (TPSA) is 18.5 Å². The summed E-state index contributed by atoms with van der Waals surface area (Å²) in [5.74, 6) is 0. The first kappa shape index (κ1) is 23.9. The molecular formula is C22H46O2. The van der Waals surface area contributed by atoms with Crippen LogP contribution in [0.4, 0.5) is 0 Å². The Hall–Kier alpha value is -0.0800. The predicted octanol–water partition coefficient (Wildman–Crippen LogP) is 7.30. The first-order valence-electron chi connectivity index (χ1n) is 11.1. The highest BCUT2D eigenvalue weighted by molar-refractivity contribution is 4.50. The molecule has 24 heavy (non-hydrogen) atoms. The molecule has 0 heterocycles. The van der Waals surface area contributed by atoms with E-state index in [0.29, 0.717) is 0 Å². The summed E-state index contributed by atoms with van der Waals surface area (Å²) in [4.78, 5) is 0. The van der Waals surface area contributed by atoms with Gasteiger partial charge in [0.15, 0.2) is 0 Å². The summed E-state index contributed by atoms with van der Waals surface area (Å²) in [5.41, 5.74) is 0. The van der Waals surface area contributed by atoms with Crippen molar-refractivity contribution in [2.24, 2.45) is 0 Å². The summed E-state index contributed by atoms with van der Waals surface area (Å²) in [6.07, 6.45) is 22.7. The molecule has 2 heteroatoms. The SMILES string of the molecule is CCCCCCCCCCCCCCCCCCOCCOCC. The molecule has 146 valence electrons.